The third kappa shape index (κ3) is 4.51. The van der Waals surface area contributed by atoms with Gasteiger partial charge in [-0.3, -0.25) is 5.10 Å². The van der Waals surface area contributed by atoms with Crippen LogP contribution in [-0.4, -0.2) is 39.4 Å². The molecule has 7 nitrogen and oxygen atoms in total. The first-order chi connectivity index (χ1) is 15.2. The number of hydrogen-bond donors (Lipinski definition) is 3. The van der Waals surface area contributed by atoms with Gasteiger partial charge in [-0.1, -0.05) is 12.1 Å². The lowest BCUT2D eigenvalue weighted by atomic mass is 10.1. The summed E-state index contributed by atoms with van der Waals surface area (Å²) in [5.41, 5.74) is 4.86. The van der Waals surface area contributed by atoms with Crippen molar-refractivity contribution < 1.29 is 4.74 Å². The SMILES string of the molecule is Cc1nc(-c2cccc(OCCNC3CC3)c2)nc(Nc2ccc3[nH]ncc3c2)c1C. The molecule has 0 amide bonds. The van der Waals surface area contributed by atoms with Crippen LogP contribution in [0.4, 0.5) is 11.5 Å². The summed E-state index contributed by atoms with van der Waals surface area (Å²) in [6.45, 7) is 5.56. The lowest BCUT2D eigenvalue weighted by molar-refractivity contribution is 0.313. The number of ether oxygens (including phenoxy) is 1. The first-order valence-corrected chi connectivity index (χ1v) is 10.7. The van der Waals surface area contributed by atoms with Crippen molar-refractivity contribution in [2.75, 3.05) is 18.5 Å². The van der Waals surface area contributed by atoms with Crippen LogP contribution in [0, 0.1) is 13.8 Å². The van der Waals surface area contributed by atoms with Crippen LogP contribution in [0.15, 0.2) is 48.7 Å². The molecule has 4 aromatic rings. The van der Waals surface area contributed by atoms with E-state index < -0.39 is 0 Å². The first-order valence-electron chi connectivity index (χ1n) is 10.7. The summed E-state index contributed by atoms with van der Waals surface area (Å²) < 4.78 is 5.92. The summed E-state index contributed by atoms with van der Waals surface area (Å²) in [5, 5.41) is 15.0. The van der Waals surface area contributed by atoms with Crippen LogP contribution in [0.5, 0.6) is 5.75 Å². The van der Waals surface area contributed by atoms with Crippen LogP contribution in [0.2, 0.25) is 0 Å². The number of hydrogen-bond acceptors (Lipinski definition) is 6. The van der Waals surface area contributed by atoms with E-state index in [9.17, 15) is 0 Å². The maximum absolute atomic E-state index is 5.92. The van der Waals surface area contributed by atoms with Gasteiger partial charge in [0.1, 0.15) is 18.2 Å². The maximum Gasteiger partial charge on any atom is 0.161 e. The second-order valence-corrected chi connectivity index (χ2v) is 8.01. The van der Waals surface area contributed by atoms with Gasteiger partial charge in [-0.25, -0.2) is 9.97 Å². The van der Waals surface area contributed by atoms with Gasteiger partial charge in [-0.05, 0) is 57.0 Å². The Hall–Kier alpha value is -3.45. The summed E-state index contributed by atoms with van der Waals surface area (Å²) in [7, 11) is 0. The Kier molecular flexibility index (Phi) is 5.26. The minimum atomic E-state index is 0.650. The Labute approximate surface area is 181 Å². The zero-order chi connectivity index (χ0) is 21.2. The highest BCUT2D eigenvalue weighted by Gasteiger charge is 2.19. The molecule has 0 saturated heterocycles. The highest BCUT2D eigenvalue weighted by atomic mass is 16.5. The molecule has 3 N–H and O–H groups in total. The number of fused-ring (bicyclic) bond motifs is 1. The van der Waals surface area contributed by atoms with Gasteiger partial charge in [0, 0.05) is 40.5 Å². The Morgan fingerprint density at radius 3 is 2.87 bits per heavy atom. The second kappa shape index (κ2) is 8.35. The third-order valence-electron chi connectivity index (χ3n) is 5.57. The molecule has 2 heterocycles. The fourth-order valence-corrected chi connectivity index (χ4v) is 3.48. The summed E-state index contributed by atoms with van der Waals surface area (Å²) in [4.78, 5) is 9.54. The average Bonchev–Trinajstić information content (AvgIpc) is 3.49. The zero-order valence-electron chi connectivity index (χ0n) is 17.8. The van der Waals surface area contributed by atoms with Crippen LogP contribution in [-0.2, 0) is 0 Å². The van der Waals surface area contributed by atoms with E-state index in [2.05, 4.69) is 26.9 Å². The van der Waals surface area contributed by atoms with Crippen molar-refractivity contribution in [1.82, 2.24) is 25.5 Å². The molecule has 0 atom stereocenters. The molecular weight excluding hydrogens is 388 g/mol. The lowest BCUT2D eigenvalue weighted by Crippen LogP contribution is -2.22. The number of nitrogens with zero attached hydrogens (tertiary/aromatic N) is 3. The molecule has 5 rings (SSSR count). The van der Waals surface area contributed by atoms with E-state index in [-0.39, 0.29) is 0 Å². The van der Waals surface area contributed by atoms with E-state index in [0.29, 0.717) is 18.5 Å². The fraction of sp³-hybridized carbons (Fsp3) is 0.292. The molecule has 2 aromatic carbocycles. The zero-order valence-corrected chi connectivity index (χ0v) is 17.8. The van der Waals surface area contributed by atoms with Crippen LogP contribution in [0.25, 0.3) is 22.3 Å². The van der Waals surface area contributed by atoms with Crippen molar-refractivity contribution in [3.8, 4) is 17.1 Å². The molecule has 1 aliphatic carbocycles. The second-order valence-electron chi connectivity index (χ2n) is 8.01. The number of nitrogens with one attached hydrogen (secondary N) is 3. The predicted molar refractivity (Wildman–Crippen MR) is 123 cm³/mol. The van der Waals surface area contributed by atoms with E-state index >= 15 is 0 Å². The lowest BCUT2D eigenvalue weighted by Gasteiger charge is -2.13. The number of aromatic nitrogens is 4. The number of anilines is 2. The highest BCUT2D eigenvalue weighted by Crippen LogP contribution is 2.27. The Morgan fingerprint density at radius 2 is 2.00 bits per heavy atom. The first kappa shape index (κ1) is 19.5. The Balaban J connectivity index is 1.36. The highest BCUT2D eigenvalue weighted by molar-refractivity contribution is 5.83. The molecular formula is C24H26N6O. The monoisotopic (exact) mass is 414 g/mol. The standard InChI is InChI=1S/C24H26N6O/c1-15-16(2)27-24(17-4-3-5-21(13-17)31-11-10-25-19-6-7-19)29-23(15)28-20-8-9-22-18(12-20)14-26-30-22/h3-5,8-9,12-14,19,25H,6-7,10-11H2,1-2H3,(H,26,30)(H,27,28,29). The van der Waals surface area contributed by atoms with Gasteiger partial charge in [0.25, 0.3) is 0 Å². The average molecular weight is 415 g/mol. The summed E-state index contributed by atoms with van der Waals surface area (Å²) in [6, 6.07) is 14.7. The van der Waals surface area contributed by atoms with Gasteiger partial charge in [0.05, 0.1) is 11.7 Å². The molecule has 0 unspecified atom stereocenters. The number of benzene rings is 2. The molecule has 7 heteroatoms. The minimum absolute atomic E-state index is 0.650. The van der Waals surface area contributed by atoms with E-state index in [1.54, 1.807) is 0 Å². The molecule has 0 spiro atoms. The molecule has 0 radical (unpaired) electrons. The van der Waals surface area contributed by atoms with Gasteiger partial charge in [-0.2, -0.15) is 5.10 Å². The minimum Gasteiger partial charge on any atom is -0.492 e. The van der Waals surface area contributed by atoms with Gasteiger partial charge in [0.2, 0.25) is 0 Å². The maximum atomic E-state index is 5.92. The molecule has 158 valence electrons. The van der Waals surface area contributed by atoms with Crippen LogP contribution in [0.3, 0.4) is 0 Å². The van der Waals surface area contributed by atoms with Crippen molar-refractivity contribution in [1.29, 1.82) is 0 Å². The van der Waals surface area contributed by atoms with Crippen molar-refractivity contribution in [3.05, 3.63) is 59.9 Å². The van der Waals surface area contributed by atoms with Crippen LogP contribution < -0.4 is 15.4 Å². The predicted octanol–water partition coefficient (Wildman–Crippen LogP) is 4.51. The van der Waals surface area contributed by atoms with Crippen LogP contribution >= 0.6 is 0 Å². The topological polar surface area (TPSA) is 87.8 Å². The van der Waals surface area contributed by atoms with Gasteiger partial charge in [0.15, 0.2) is 5.82 Å². The smallest absolute Gasteiger partial charge is 0.161 e. The fourth-order valence-electron chi connectivity index (χ4n) is 3.48. The Morgan fingerprint density at radius 1 is 1.10 bits per heavy atom. The number of rotatable bonds is 8. The summed E-state index contributed by atoms with van der Waals surface area (Å²) in [6.07, 6.45) is 4.38. The van der Waals surface area contributed by atoms with Crippen molar-refractivity contribution in [2.24, 2.45) is 0 Å². The largest absolute Gasteiger partial charge is 0.492 e. The van der Waals surface area contributed by atoms with Gasteiger partial charge >= 0.3 is 0 Å². The van der Waals surface area contributed by atoms with E-state index in [1.807, 2.05) is 56.4 Å². The van der Waals surface area contributed by atoms with Crippen LogP contribution in [0.1, 0.15) is 24.1 Å². The van der Waals surface area contributed by atoms with Crippen molar-refractivity contribution >= 4 is 22.4 Å². The number of H-pyrrole nitrogens is 1. The molecule has 2 aromatic heterocycles. The normalized spacial score (nSPS) is 13.5. The summed E-state index contributed by atoms with van der Waals surface area (Å²) in [5.74, 6) is 2.30. The van der Waals surface area contributed by atoms with Crippen molar-refractivity contribution in [3.63, 3.8) is 0 Å². The number of aryl methyl sites for hydroxylation is 1. The molecule has 1 saturated carbocycles. The number of aromatic amines is 1. The van der Waals surface area contributed by atoms with E-state index in [1.165, 1.54) is 12.8 Å². The molecule has 31 heavy (non-hydrogen) atoms. The third-order valence-corrected chi connectivity index (χ3v) is 5.57. The van der Waals surface area contributed by atoms with E-state index in [4.69, 9.17) is 14.7 Å². The molecule has 1 fully saturated rings. The van der Waals surface area contributed by atoms with Crippen molar-refractivity contribution in [2.45, 2.75) is 32.7 Å². The van der Waals surface area contributed by atoms with Gasteiger partial charge < -0.3 is 15.4 Å². The van der Waals surface area contributed by atoms with Gasteiger partial charge in [-0.15, -0.1) is 0 Å². The molecule has 0 bridgehead atoms. The Bertz CT molecular complexity index is 1210. The van der Waals surface area contributed by atoms with E-state index in [0.717, 1.165) is 51.5 Å². The quantitative estimate of drug-likeness (QED) is 0.368. The molecule has 0 aliphatic heterocycles. The molecule has 1 aliphatic rings. The summed E-state index contributed by atoms with van der Waals surface area (Å²) >= 11 is 0.